The minimum Gasteiger partial charge on any atom is -0.356 e. The van der Waals surface area contributed by atoms with Crippen LogP contribution in [0.2, 0.25) is 0 Å². The van der Waals surface area contributed by atoms with E-state index < -0.39 is 27.7 Å². The number of epoxide rings is 1. The third-order valence-electron chi connectivity index (χ3n) is 4.22. The van der Waals surface area contributed by atoms with Crippen LogP contribution in [0.15, 0.2) is 64.4 Å². The van der Waals surface area contributed by atoms with Crippen LogP contribution in [-0.2, 0) is 21.0 Å². The second-order valence-electron chi connectivity index (χ2n) is 5.88. The van der Waals surface area contributed by atoms with E-state index >= 15 is 0 Å². The van der Waals surface area contributed by atoms with Gasteiger partial charge in [-0.25, -0.2) is 8.42 Å². The maximum Gasteiger partial charge on any atom is 0.419 e. The number of alkyl halides is 3. The Morgan fingerprint density at radius 3 is 2.04 bits per heavy atom. The Bertz CT molecular complexity index is 830. The Balaban J connectivity index is 1.76. The van der Waals surface area contributed by atoms with Crippen LogP contribution < -0.4 is 0 Å². The molecule has 1 saturated heterocycles. The molecular weight excluding hydrogens is 341 g/mol. The van der Waals surface area contributed by atoms with Crippen molar-refractivity contribution in [3.63, 3.8) is 0 Å². The van der Waals surface area contributed by atoms with E-state index in [1.165, 1.54) is 36.4 Å². The number of halogens is 3. The zero-order chi connectivity index (χ0) is 17.6. The summed E-state index contributed by atoms with van der Waals surface area (Å²) in [4.78, 5) is 0.278. The Hall–Kier alpha value is -1.86. The van der Waals surface area contributed by atoms with Crippen molar-refractivity contribution in [2.75, 3.05) is 0 Å². The maximum atomic E-state index is 12.8. The number of benzene rings is 2. The molecule has 1 heterocycles. The molecule has 0 radical (unpaired) electrons. The molecule has 2 unspecified atom stereocenters. The van der Waals surface area contributed by atoms with Gasteiger partial charge in [0, 0.05) is 6.42 Å². The van der Waals surface area contributed by atoms with Crippen LogP contribution in [0.1, 0.15) is 12.5 Å². The van der Waals surface area contributed by atoms with Gasteiger partial charge in [-0.2, -0.15) is 13.2 Å². The minimum atomic E-state index is -4.41. The Morgan fingerprint density at radius 2 is 1.54 bits per heavy atom. The topological polar surface area (TPSA) is 46.7 Å². The average molecular weight is 356 g/mol. The minimum absolute atomic E-state index is 0.0850. The van der Waals surface area contributed by atoms with Gasteiger partial charge in [-0.3, -0.25) is 0 Å². The van der Waals surface area contributed by atoms with Crippen molar-refractivity contribution < 1.29 is 26.3 Å². The van der Waals surface area contributed by atoms with E-state index in [0.29, 0.717) is 5.56 Å². The standard InChI is InChI=1S/C17H15F3O3S/c1-16(17(18,19)20)15(23-16)11-12-7-9-14(10-8-12)24(21,22)13-5-3-2-4-6-13/h2-10,15H,11H2,1H3. The molecule has 0 bridgehead atoms. The summed E-state index contributed by atoms with van der Waals surface area (Å²) in [7, 11) is -3.63. The molecule has 2 aromatic rings. The van der Waals surface area contributed by atoms with Crippen LogP contribution in [0.5, 0.6) is 0 Å². The fourth-order valence-corrected chi connectivity index (χ4v) is 3.78. The van der Waals surface area contributed by atoms with Crippen molar-refractivity contribution in [2.24, 2.45) is 0 Å². The van der Waals surface area contributed by atoms with Crippen molar-refractivity contribution in [1.82, 2.24) is 0 Å². The number of ether oxygens (including phenoxy) is 1. The summed E-state index contributed by atoms with van der Waals surface area (Å²) >= 11 is 0. The molecule has 3 rings (SSSR count). The third kappa shape index (κ3) is 2.93. The zero-order valence-electron chi connectivity index (χ0n) is 12.7. The van der Waals surface area contributed by atoms with Crippen molar-refractivity contribution in [1.29, 1.82) is 0 Å². The highest BCUT2D eigenvalue weighted by atomic mass is 32.2. The normalized spacial score (nSPS) is 23.9. The summed E-state index contributed by atoms with van der Waals surface area (Å²) in [6, 6.07) is 13.8. The molecule has 2 atom stereocenters. The molecule has 0 spiro atoms. The van der Waals surface area contributed by atoms with Crippen LogP contribution in [0.3, 0.4) is 0 Å². The molecule has 1 fully saturated rings. The van der Waals surface area contributed by atoms with Gasteiger partial charge in [-0.15, -0.1) is 0 Å². The summed E-state index contributed by atoms with van der Waals surface area (Å²) in [6.45, 7) is 1.02. The first-order chi connectivity index (χ1) is 11.1. The molecule has 0 N–H and O–H groups in total. The highest BCUT2D eigenvalue weighted by Gasteiger charge is 2.69. The third-order valence-corrected chi connectivity index (χ3v) is 6.00. The molecule has 1 aliphatic heterocycles. The molecule has 24 heavy (non-hydrogen) atoms. The smallest absolute Gasteiger partial charge is 0.356 e. The van der Waals surface area contributed by atoms with Crippen LogP contribution in [0.25, 0.3) is 0 Å². The SMILES string of the molecule is CC1(C(F)(F)F)OC1Cc1ccc(S(=O)(=O)c2ccccc2)cc1. The van der Waals surface area contributed by atoms with Crippen molar-refractivity contribution in [3.05, 3.63) is 60.2 Å². The van der Waals surface area contributed by atoms with Crippen LogP contribution >= 0.6 is 0 Å². The van der Waals surface area contributed by atoms with Gasteiger partial charge < -0.3 is 4.74 Å². The summed E-state index contributed by atoms with van der Waals surface area (Å²) in [6.07, 6.45) is -5.26. The van der Waals surface area contributed by atoms with E-state index in [4.69, 9.17) is 4.74 Å². The van der Waals surface area contributed by atoms with Gasteiger partial charge in [0.2, 0.25) is 9.84 Å². The van der Waals surface area contributed by atoms with Gasteiger partial charge >= 0.3 is 6.18 Å². The van der Waals surface area contributed by atoms with Crippen LogP contribution in [0, 0.1) is 0 Å². The van der Waals surface area contributed by atoms with Gasteiger partial charge in [0.1, 0.15) is 6.10 Å². The fraction of sp³-hybridized carbons (Fsp3) is 0.294. The zero-order valence-corrected chi connectivity index (χ0v) is 13.6. The highest BCUT2D eigenvalue weighted by Crippen LogP contribution is 2.50. The summed E-state index contributed by atoms with van der Waals surface area (Å²) in [5.41, 5.74) is -1.51. The quantitative estimate of drug-likeness (QED) is 0.783. The van der Waals surface area contributed by atoms with Crippen LogP contribution in [-0.4, -0.2) is 26.3 Å². The lowest BCUT2D eigenvalue weighted by Gasteiger charge is -2.11. The van der Waals surface area contributed by atoms with E-state index in [2.05, 4.69) is 0 Å². The molecule has 0 saturated carbocycles. The Morgan fingerprint density at radius 1 is 1.00 bits per heavy atom. The lowest BCUT2D eigenvalue weighted by Crippen LogP contribution is -2.32. The van der Waals surface area contributed by atoms with E-state index in [-0.39, 0.29) is 16.2 Å². The maximum absolute atomic E-state index is 12.8. The second kappa shape index (κ2) is 5.60. The van der Waals surface area contributed by atoms with Gasteiger partial charge in [0.15, 0.2) is 5.60 Å². The largest absolute Gasteiger partial charge is 0.419 e. The highest BCUT2D eigenvalue weighted by molar-refractivity contribution is 7.91. The molecule has 3 nitrogen and oxygen atoms in total. The first kappa shape index (κ1) is 17.0. The lowest BCUT2D eigenvalue weighted by atomic mass is 10.0. The number of sulfone groups is 1. The van der Waals surface area contributed by atoms with Crippen molar-refractivity contribution >= 4 is 9.84 Å². The van der Waals surface area contributed by atoms with Crippen molar-refractivity contribution in [2.45, 2.75) is 41.0 Å². The molecule has 7 heteroatoms. The number of hydrogen-bond acceptors (Lipinski definition) is 3. The van der Waals surface area contributed by atoms with E-state index in [1.54, 1.807) is 18.2 Å². The fourth-order valence-electron chi connectivity index (χ4n) is 2.50. The lowest BCUT2D eigenvalue weighted by molar-refractivity contribution is -0.178. The molecule has 2 aromatic carbocycles. The Kier molecular flexibility index (Phi) is 3.96. The predicted molar refractivity (Wildman–Crippen MR) is 81.4 cm³/mol. The molecule has 0 amide bonds. The number of hydrogen-bond donors (Lipinski definition) is 0. The van der Waals surface area contributed by atoms with Crippen LogP contribution in [0.4, 0.5) is 13.2 Å². The van der Waals surface area contributed by atoms with Gasteiger partial charge in [-0.1, -0.05) is 30.3 Å². The molecule has 0 aliphatic carbocycles. The van der Waals surface area contributed by atoms with E-state index in [0.717, 1.165) is 6.92 Å². The van der Waals surface area contributed by atoms with Gasteiger partial charge in [0.05, 0.1) is 9.79 Å². The molecule has 1 aliphatic rings. The first-order valence-corrected chi connectivity index (χ1v) is 8.76. The van der Waals surface area contributed by atoms with Gasteiger partial charge in [0.25, 0.3) is 0 Å². The predicted octanol–water partition coefficient (Wildman–Crippen LogP) is 3.78. The summed E-state index contributed by atoms with van der Waals surface area (Å²) in [5.74, 6) is 0. The number of rotatable bonds is 4. The molecule has 0 aromatic heterocycles. The van der Waals surface area contributed by atoms with E-state index in [1.807, 2.05) is 0 Å². The summed E-state index contributed by atoms with van der Waals surface area (Å²) < 4.78 is 68.0. The average Bonchev–Trinajstić information content (AvgIpc) is 3.20. The second-order valence-corrected chi connectivity index (χ2v) is 7.83. The van der Waals surface area contributed by atoms with E-state index in [9.17, 15) is 21.6 Å². The molecule has 128 valence electrons. The Labute approximate surface area is 138 Å². The summed E-state index contributed by atoms with van der Waals surface area (Å²) in [5, 5.41) is 0. The van der Waals surface area contributed by atoms with Crippen molar-refractivity contribution in [3.8, 4) is 0 Å². The first-order valence-electron chi connectivity index (χ1n) is 7.28. The van der Waals surface area contributed by atoms with Gasteiger partial charge in [-0.05, 0) is 36.8 Å². The molecular formula is C17H15F3O3S. The monoisotopic (exact) mass is 356 g/mol.